The smallest absolute Gasteiger partial charge is 0.239 e. The van der Waals surface area contributed by atoms with E-state index in [1.165, 1.54) is 13.8 Å². The molecular formula is C86H162N8O50. The highest BCUT2D eigenvalue weighted by Crippen LogP contribution is 2.35. The number of unbranched alkanes of at least 4 members (excludes halogenated alkanes) is 2. The van der Waals surface area contributed by atoms with Crippen molar-refractivity contribution in [3.8, 4) is 0 Å². The van der Waals surface area contributed by atoms with E-state index >= 15 is 0 Å². The van der Waals surface area contributed by atoms with E-state index in [9.17, 15) is 171 Å². The number of rotatable bonds is 50. The van der Waals surface area contributed by atoms with Crippen LogP contribution in [0.15, 0.2) is 0 Å². The van der Waals surface area contributed by atoms with E-state index in [4.69, 9.17) is 75.8 Å². The number of hydrogen-bond acceptors (Lipinski definition) is 50. The zero-order valence-corrected chi connectivity index (χ0v) is 78.2. The zero-order chi connectivity index (χ0) is 104. The first kappa shape index (κ1) is 134. The normalized spacial score (nSPS) is 36.7. The number of ether oxygens (including phenoxy) is 16. The first-order valence-electron chi connectivity index (χ1n) is 46.3. The van der Waals surface area contributed by atoms with Gasteiger partial charge in [0, 0.05) is 65.0 Å². The number of nitrogens with one attached hydrogen (secondary N) is 6. The Morgan fingerprint density at radius 3 is 0.736 bits per heavy atom. The summed E-state index contributed by atoms with van der Waals surface area (Å²) in [5.74, 6) is -4.63. The molecule has 0 aromatic carbocycles. The predicted octanol–water partition coefficient (Wildman–Crippen LogP) is -16.3. The molecule has 8 aliphatic rings. The van der Waals surface area contributed by atoms with Crippen LogP contribution in [0.2, 0.25) is 0 Å². The van der Waals surface area contributed by atoms with Gasteiger partial charge in [0.2, 0.25) is 47.3 Å². The van der Waals surface area contributed by atoms with Crippen LogP contribution in [0.5, 0.6) is 0 Å². The minimum atomic E-state index is -1.98. The molecule has 8 rings (SSSR count). The van der Waals surface area contributed by atoms with Crippen molar-refractivity contribution < 1.29 is 247 Å². The molecule has 58 heteroatoms. The summed E-state index contributed by atoms with van der Waals surface area (Å²) in [6.45, 7) is 1.82. The molecule has 0 aromatic rings. The van der Waals surface area contributed by atoms with Gasteiger partial charge in [0.15, 0.2) is 50.3 Å². The second-order valence-electron chi connectivity index (χ2n) is 33.8. The van der Waals surface area contributed by atoms with Crippen molar-refractivity contribution in [2.75, 3.05) is 132 Å². The topological polar surface area (TPSA) is 889 Å². The molecule has 846 valence electrons. The van der Waals surface area contributed by atoms with Crippen LogP contribution in [0.1, 0.15) is 123 Å². The Labute approximate surface area is 832 Å². The van der Waals surface area contributed by atoms with Gasteiger partial charge >= 0.3 is 0 Å². The van der Waals surface area contributed by atoms with Crippen molar-refractivity contribution in [2.45, 2.75) is 368 Å². The minimum absolute atomic E-state index is 0. The summed E-state index contributed by atoms with van der Waals surface area (Å²) in [6.07, 6.45) is -65.0. The van der Waals surface area contributed by atoms with E-state index < -0.39 is 360 Å². The second-order valence-corrected chi connectivity index (χ2v) is 33.8. The van der Waals surface area contributed by atoms with Gasteiger partial charge < -0.3 is 250 Å². The summed E-state index contributed by atoms with van der Waals surface area (Å²) >= 11 is 0. The van der Waals surface area contributed by atoms with Crippen LogP contribution in [-0.2, 0) is 114 Å². The van der Waals surface area contributed by atoms with E-state index in [1.807, 2.05) is 13.8 Å². The maximum atomic E-state index is 13.3. The van der Waals surface area contributed by atoms with Gasteiger partial charge in [0.05, 0.1) is 78.3 Å². The number of carbonyl (C=O) groups is 8. The van der Waals surface area contributed by atoms with Gasteiger partial charge in [-0.1, -0.05) is 43.6 Å². The lowest BCUT2D eigenvalue weighted by Crippen LogP contribution is -2.65. The second kappa shape index (κ2) is 67.4. The maximum Gasteiger partial charge on any atom is 0.239 e. The summed E-state index contributed by atoms with van der Waals surface area (Å²) in [4.78, 5) is 104. The van der Waals surface area contributed by atoms with E-state index in [1.54, 1.807) is 13.8 Å². The third kappa shape index (κ3) is 39.1. The molecule has 0 aromatic heterocycles. The summed E-state index contributed by atoms with van der Waals surface area (Å²) in [5.41, 5.74) is 0. The Hall–Kier alpha value is -5.92. The highest BCUT2D eigenvalue weighted by atomic mass is 16.8. The van der Waals surface area contributed by atoms with Crippen molar-refractivity contribution in [3.05, 3.63) is 0 Å². The van der Waals surface area contributed by atoms with Crippen LogP contribution < -0.4 is 31.9 Å². The maximum absolute atomic E-state index is 13.3. The lowest BCUT2D eigenvalue weighted by Gasteiger charge is -2.46. The Balaban J connectivity index is 0.000000931. The molecule has 8 amide bonds. The molecule has 144 heavy (non-hydrogen) atoms. The van der Waals surface area contributed by atoms with E-state index in [-0.39, 0.29) is 119 Å². The molecule has 0 unspecified atom stereocenters. The van der Waals surface area contributed by atoms with Gasteiger partial charge in [0.25, 0.3) is 0 Å². The number of nitrogens with zero attached hydrogens (tertiary/aromatic N) is 2. The molecule has 0 saturated carbocycles. The van der Waals surface area contributed by atoms with E-state index in [0.717, 1.165) is 9.80 Å². The molecule has 8 fully saturated rings. The van der Waals surface area contributed by atoms with E-state index in [2.05, 4.69) is 31.9 Å². The van der Waals surface area contributed by atoms with Crippen LogP contribution in [0.25, 0.3) is 0 Å². The molecule has 32 N–H and O–H groups in total. The Kier molecular flexibility index (Phi) is 62.8. The highest BCUT2D eigenvalue weighted by Gasteiger charge is 2.56. The van der Waals surface area contributed by atoms with E-state index in [0.29, 0.717) is 25.9 Å². The number of carbonyl (C=O) groups excluding carboxylic acids is 8. The number of hydrogen-bond donors (Lipinski definition) is 32. The third-order valence-corrected chi connectivity index (χ3v) is 23.4. The first-order valence-corrected chi connectivity index (χ1v) is 46.3. The molecule has 58 nitrogen and oxygen atoms in total. The standard InChI is InChI=1S/2C40H70N4O25.C2H6.4CH4/c2*1-3-41-21(47)6-4-5-7-24(50)44(12-22(48)42-8-10-62-37-32(58)29(55)25(51)17(2)65-37)13-23(49)43-9-11-63-39-35(61)36(69-40-34(60)31(57)27(53)19(15-46)67-40)28(54)20(68-39)16-64-38-33(59)30(56)26(52)18(14-45)66-38;1-2;;;;/h2*17-20,25-40,45-46,51-61H,3-16H2,1-2H3,(H,41,47)(H,42,48)(H,43,49);1-2H3;4*1H4/t2*17-,18+,19+,20+,25+,26+,27+,28+,29+,30-,31-,32-,33-,34-,35-,36-,37+,38-,39-,40+;;;;;/m00...../s1. The number of aliphatic hydroxyl groups excluding tert-OH is 26. The van der Waals surface area contributed by atoms with Crippen LogP contribution in [-0.4, -0.2) is 567 Å². The molecule has 0 radical (unpaired) electrons. The van der Waals surface area contributed by atoms with Crippen molar-refractivity contribution in [2.24, 2.45) is 0 Å². The van der Waals surface area contributed by atoms with Gasteiger partial charge in [-0.05, 0) is 53.4 Å². The van der Waals surface area contributed by atoms with Gasteiger partial charge in [-0.15, -0.1) is 0 Å². The summed E-state index contributed by atoms with van der Waals surface area (Å²) < 4.78 is 88.2. The Bertz CT molecular complexity index is 3410. The van der Waals surface area contributed by atoms with Crippen molar-refractivity contribution in [1.82, 2.24) is 41.7 Å². The lowest BCUT2D eigenvalue weighted by molar-refractivity contribution is -0.366. The molecule has 0 spiro atoms. The monoisotopic (exact) mass is 2110 g/mol. The fourth-order valence-corrected chi connectivity index (χ4v) is 15.3. The lowest BCUT2D eigenvalue weighted by atomic mass is 9.96. The zero-order valence-electron chi connectivity index (χ0n) is 78.2. The van der Waals surface area contributed by atoms with Crippen molar-refractivity contribution >= 4 is 47.3 Å². The van der Waals surface area contributed by atoms with Crippen LogP contribution in [0.3, 0.4) is 0 Å². The third-order valence-electron chi connectivity index (χ3n) is 23.4. The average molecular weight is 2110 g/mol. The molecule has 8 aliphatic heterocycles. The molecule has 8 heterocycles. The molecule has 40 atom stereocenters. The van der Waals surface area contributed by atoms with Gasteiger partial charge in [-0.2, -0.15) is 0 Å². The quantitative estimate of drug-likeness (QED) is 0.0252. The number of amides is 8. The Morgan fingerprint density at radius 1 is 0.257 bits per heavy atom. The van der Waals surface area contributed by atoms with Gasteiger partial charge in [-0.3, -0.25) is 38.4 Å². The van der Waals surface area contributed by atoms with Gasteiger partial charge in [0.1, 0.15) is 209 Å². The average Bonchev–Trinajstić information content (AvgIpc) is 0.782. The summed E-state index contributed by atoms with van der Waals surface area (Å²) in [6, 6.07) is 0. The predicted molar refractivity (Wildman–Crippen MR) is 484 cm³/mol. The molecular weight excluding hydrogens is 1940 g/mol. The van der Waals surface area contributed by atoms with Crippen LogP contribution in [0, 0.1) is 0 Å². The molecule has 0 bridgehead atoms. The first-order chi connectivity index (χ1) is 66.5. The van der Waals surface area contributed by atoms with Crippen LogP contribution >= 0.6 is 0 Å². The summed E-state index contributed by atoms with van der Waals surface area (Å²) in [5, 5.41) is 283. The fraction of sp³-hybridized carbons (Fsp3) is 0.907. The van der Waals surface area contributed by atoms with Crippen LogP contribution in [0.4, 0.5) is 0 Å². The number of aliphatic hydroxyl groups is 26. The van der Waals surface area contributed by atoms with Crippen molar-refractivity contribution in [3.63, 3.8) is 0 Å². The SMILES string of the molecule is C.C.C.C.CC.CCNC(=O)CCCCC(=O)N(CC(=O)NCCO[C@@H]1O[C@@H](C)[C@@H](O)[C@@H](O)[C@@H]1O)CC(=O)NCCO[C@H]1O[C@H](CO[C@H]2O[C@H](CO)[C@@H](O)[C@H](O)[C@@H]2O)[C@@H](O)[C@H](O[C@H]2O[C@H](CO)[C@@H](O)[C@H](O)[C@@H]2O)[C@@H]1O.CCNC(=O)CCCCC(=O)N(CC(=O)NCCO[C@@H]1O[C@@H](C)[C@@H](O)[C@@H](O)[C@@H]1O)CC(=O)NCCO[C@H]1O[C@H](CO[C@H]2O[C@H](CO)[C@@H](O)[C@H](O)[C@@H]2O)[C@@H](O)[C@H](O[C@H]2O[C@H](CO)[C@@H](O)[C@H](O)[C@@H]2O)[C@@H]1O. The molecule has 0 aliphatic carbocycles. The summed E-state index contributed by atoms with van der Waals surface area (Å²) in [7, 11) is 0. The van der Waals surface area contributed by atoms with Crippen molar-refractivity contribution in [1.29, 1.82) is 0 Å². The highest BCUT2D eigenvalue weighted by molar-refractivity contribution is 5.90. The Morgan fingerprint density at radius 2 is 0.479 bits per heavy atom. The minimum Gasteiger partial charge on any atom is -0.394 e. The van der Waals surface area contributed by atoms with Gasteiger partial charge in [-0.25, -0.2) is 0 Å². The fourth-order valence-electron chi connectivity index (χ4n) is 15.3. The molecule has 8 saturated heterocycles. The largest absolute Gasteiger partial charge is 0.394 e.